The summed E-state index contributed by atoms with van der Waals surface area (Å²) in [5.74, 6) is 0.799. The van der Waals surface area contributed by atoms with Crippen LogP contribution in [0, 0.1) is 0 Å². The molecule has 0 bridgehead atoms. The zero-order valence-electron chi connectivity index (χ0n) is 12.7. The summed E-state index contributed by atoms with van der Waals surface area (Å²) in [4.78, 5) is 17.6. The van der Waals surface area contributed by atoms with E-state index < -0.39 is 0 Å². The summed E-state index contributed by atoms with van der Waals surface area (Å²) < 4.78 is 0. The van der Waals surface area contributed by atoms with Gasteiger partial charge in [-0.15, -0.1) is 0 Å². The molecule has 2 N–H and O–H groups in total. The number of hydrogen-bond donors (Lipinski definition) is 2. The number of carbonyl (C=O) groups is 1. The number of carbonyl (C=O) groups excluding carboxylic acids is 1. The van der Waals surface area contributed by atoms with Crippen molar-refractivity contribution in [1.29, 1.82) is 0 Å². The molecule has 0 aromatic carbocycles. The van der Waals surface area contributed by atoms with Crippen molar-refractivity contribution in [1.82, 2.24) is 15.5 Å². The maximum Gasteiger partial charge on any atom is 0.243 e. The van der Waals surface area contributed by atoms with Gasteiger partial charge < -0.3 is 15.5 Å². The highest BCUT2D eigenvalue weighted by Crippen LogP contribution is 2.17. The number of likely N-dealkylation sites (N-methyl/N-ethyl adjacent to an activating group) is 1. The van der Waals surface area contributed by atoms with Crippen molar-refractivity contribution in [3.63, 3.8) is 0 Å². The molecule has 0 radical (unpaired) electrons. The fraction of sp³-hybridized carbons (Fsp3) is 0.857. The smallest absolute Gasteiger partial charge is 0.243 e. The van der Waals surface area contributed by atoms with E-state index in [-0.39, 0.29) is 12.5 Å². The fourth-order valence-electron chi connectivity index (χ4n) is 2.02. The van der Waals surface area contributed by atoms with Gasteiger partial charge in [-0.1, -0.05) is 19.8 Å². The van der Waals surface area contributed by atoms with Crippen LogP contribution in [0.3, 0.4) is 0 Å². The van der Waals surface area contributed by atoms with E-state index in [0.29, 0.717) is 12.1 Å². The molecule has 1 saturated carbocycles. The Morgan fingerprint density at radius 1 is 1.37 bits per heavy atom. The summed E-state index contributed by atoms with van der Waals surface area (Å²) in [5.41, 5.74) is 0. The first-order valence-corrected chi connectivity index (χ1v) is 7.30. The Morgan fingerprint density at radius 3 is 2.53 bits per heavy atom. The number of aliphatic imine (C=N–C) groups is 1. The highest BCUT2D eigenvalue weighted by atomic mass is 16.2. The lowest BCUT2D eigenvalue weighted by atomic mass is 10.2. The summed E-state index contributed by atoms with van der Waals surface area (Å²) in [6, 6.07) is 0.867. The van der Waals surface area contributed by atoms with Gasteiger partial charge in [0.1, 0.15) is 6.54 Å². The number of nitrogens with one attached hydrogen (secondary N) is 2. The summed E-state index contributed by atoms with van der Waals surface area (Å²) in [5, 5.41) is 6.80. The molecule has 1 atom stereocenters. The van der Waals surface area contributed by atoms with Crippen LogP contribution in [-0.4, -0.2) is 49.5 Å². The summed E-state index contributed by atoms with van der Waals surface area (Å²) >= 11 is 0. The van der Waals surface area contributed by atoms with Crippen LogP contribution >= 0.6 is 0 Å². The van der Waals surface area contributed by atoms with Gasteiger partial charge in [0.25, 0.3) is 0 Å². The van der Waals surface area contributed by atoms with E-state index in [1.54, 1.807) is 19.0 Å². The first kappa shape index (κ1) is 15.8. The SMILES string of the molecule is CCC(C)NC(=NCC(=O)N(C)C)NC1CCCC1. The van der Waals surface area contributed by atoms with Crippen molar-refractivity contribution in [2.45, 2.75) is 58.0 Å². The van der Waals surface area contributed by atoms with Gasteiger partial charge in [0.2, 0.25) is 5.91 Å². The highest BCUT2D eigenvalue weighted by Gasteiger charge is 2.17. The Bertz CT molecular complexity index is 309. The summed E-state index contributed by atoms with van der Waals surface area (Å²) in [7, 11) is 3.51. The van der Waals surface area contributed by atoms with Crippen molar-refractivity contribution in [3.8, 4) is 0 Å². The monoisotopic (exact) mass is 268 g/mol. The Morgan fingerprint density at radius 2 is 2.00 bits per heavy atom. The molecule has 0 aliphatic heterocycles. The van der Waals surface area contributed by atoms with Gasteiger partial charge >= 0.3 is 0 Å². The van der Waals surface area contributed by atoms with Crippen molar-refractivity contribution < 1.29 is 4.79 Å². The van der Waals surface area contributed by atoms with Crippen LogP contribution in [-0.2, 0) is 4.79 Å². The van der Waals surface area contributed by atoms with Gasteiger partial charge in [-0.05, 0) is 26.2 Å². The predicted octanol–water partition coefficient (Wildman–Crippen LogP) is 1.35. The Kier molecular flexibility index (Phi) is 6.67. The molecule has 1 rings (SSSR count). The van der Waals surface area contributed by atoms with Gasteiger partial charge in [-0.25, -0.2) is 4.99 Å². The lowest BCUT2D eigenvalue weighted by Gasteiger charge is -2.20. The van der Waals surface area contributed by atoms with Crippen molar-refractivity contribution in [2.24, 2.45) is 4.99 Å². The highest BCUT2D eigenvalue weighted by molar-refractivity contribution is 5.85. The van der Waals surface area contributed by atoms with Crippen LogP contribution in [0.15, 0.2) is 4.99 Å². The standard InChI is InChI=1S/C14H28N4O/c1-5-11(2)16-14(15-10-13(19)18(3)4)17-12-8-6-7-9-12/h11-12H,5-10H2,1-4H3,(H2,15,16,17). The van der Waals surface area contributed by atoms with Gasteiger partial charge in [0.05, 0.1) is 0 Å². The third-order valence-electron chi connectivity index (χ3n) is 3.56. The van der Waals surface area contributed by atoms with Gasteiger partial charge in [0, 0.05) is 26.2 Å². The third-order valence-corrected chi connectivity index (χ3v) is 3.56. The first-order chi connectivity index (χ1) is 9.02. The van der Waals surface area contributed by atoms with E-state index in [4.69, 9.17) is 0 Å². The van der Waals surface area contributed by atoms with E-state index in [1.807, 2.05) is 0 Å². The van der Waals surface area contributed by atoms with E-state index in [2.05, 4.69) is 29.5 Å². The average molecular weight is 268 g/mol. The predicted molar refractivity (Wildman–Crippen MR) is 79.3 cm³/mol. The molecule has 0 spiro atoms. The molecule has 5 heteroatoms. The third kappa shape index (κ3) is 5.94. The molecular weight excluding hydrogens is 240 g/mol. The van der Waals surface area contributed by atoms with Crippen LogP contribution in [0.2, 0.25) is 0 Å². The molecule has 1 unspecified atom stereocenters. The second-order valence-corrected chi connectivity index (χ2v) is 5.53. The van der Waals surface area contributed by atoms with E-state index in [9.17, 15) is 4.79 Å². The van der Waals surface area contributed by atoms with Crippen molar-refractivity contribution >= 4 is 11.9 Å². The van der Waals surface area contributed by atoms with Crippen LogP contribution in [0.1, 0.15) is 46.0 Å². The molecule has 0 saturated heterocycles. The minimum atomic E-state index is 0.0247. The average Bonchev–Trinajstić information content (AvgIpc) is 2.87. The minimum Gasteiger partial charge on any atom is -0.354 e. The Labute approximate surface area is 116 Å². The number of rotatable bonds is 5. The van der Waals surface area contributed by atoms with Crippen LogP contribution in [0.25, 0.3) is 0 Å². The number of amides is 1. The van der Waals surface area contributed by atoms with Crippen LogP contribution < -0.4 is 10.6 Å². The van der Waals surface area contributed by atoms with E-state index >= 15 is 0 Å². The first-order valence-electron chi connectivity index (χ1n) is 7.30. The van der Waals surface area contributed by atoms with Gasteiger partial charge in [0.15, 0.2) is 5.96 Å². The molecule has 5 nitrogen and oxygen atoms in total. The molecule has 1 amide bonds. The zero-order chi connectivity index (χ0) is 14.3. The minimum absolute atomic E-state index is 0.0247. The van der Waals surface area contributed by atoms with Crippen LogP contribution in [0.5, 0.6) is 0 Å². The van der Waals surface area contributed by atoms with Gasteiger partial charge in [-0.2, -0.15) is 0 Å². The Balaban J connectivity index is 2.56. The normalized spacial score (nSPS) is 18.2. The van der Waals surface area contributed by atoms with Gasteiger partial charge in [-0.3, -0.25) is 4.79 Å². The second kappa shape index (κ2) is 8.02. The molecule has 19 heavy (non-hydrogen) atoms. The topological polar surface area (TPSA) is 56.7 Å². The lowest BCUT2D eigenvalue weighted by molar-refractivity contribution is -0.127. The fourth-order valence-corrected chi connectivity index (χ4v) is 2.02. The second-order valence-electron chi connectivity index (χ2n) is 5.53. The zero-order valence-corrected chi connectivity index (χ0v) is 12.7. The number of hydrogen-bond acceptors (Lipinski definition) is 2. The molecule has 0 heterocycles. The maximum atomic E-state index is 11.6. The van der Waals surface area contributed by atoms with Crippen LogP contribution in [0.4, 0.5) is 0 Å². The number of guanidine groups is 1. The number of nitrogens with zero attached hydrogens (tertiary/aromatic N) is 2. The molecule has 1 aliphatic rings. The lowest BCUT2D eigenvalue weighted by Crippen LogP contribution is -2.46. The summed E-state index contributed by atoms with van der Waals surface area (Å²) in [6.45, 7) is 4.46. The largest absolute Gasteiger partial charge is 0.354 e. The van der Waals surface area contributed by atoms with E-state index in [0.717, 1.165) is 12.4 Å². The molecule has 0 aromatic rings. The molecule has 0 aromatic heterocycles. The molecule has 1 fully saturated rings. The summed E-state index contributed by atoms with van der Waals surface area (Å²) in [6.07, 6.45) is 5.99. The quantitative estimate of drug-likeness (QED) is 0.584. The molecular formula is C14H28N4O. The molecule has 110 valence electrons. The van der Waals surface area contributed by atoms with E-state index in [1.165, 1.54) is 25.7 Å². The Hall–Kier alpha value is -1.26. The maximum absolute atomic E-state index is 11.6. The van der Waals surface area contributed by atoms with Crippen molar-refractivity contribution in [2.75, 3.05) is 20.6 Å². The molecule has 1 aliphatic carbocycles. The van der Waals surface area contributed by atoms with Crippen molar-refractivity contribution in [3.05, 3.63) is 0 Å².